The van der Waals surface area contributed by atoms with E-state index in [1.807, 2.05) is 51.1 Å². The van der Waals surface area contributed by atoms with Crippen LogP contribution in [-0.4, -0.2) is 26.2 Å². The van der Waals surface area contributed by atoms with Crippen LogP contribution in [0.4, 0.5) is 20.7 Å². The normalized spacial score (nSPS) is 11.4. The van der Waals surface area contributed by atoms with Gasteiger partial charge in [0.25, 0.3) is 0 Å². The van der Waals surface area contributed by atoms with Gasteiger partial charge in [0.05, 0.1) is 16.2 Å². The molecule has 0 unspecified atom stereocenters. The van der Waals surface area contributed by atoms with Gasteiger partial charge in [-0.3, -0.25) is 4.57 Å². The predicted molar refractivity (Wildman–Crippen MR) is 150 cm³/mol. The lowest BCUT2D eigenvalue weighted by Crippen LogP contribution is -2.27. The minimum Gasteiger partial charge on any atom is -0.487 e. The number of nitrogens with zero attached hydrogens (tertiary/aromatic N) is 3. The van der Waals surface area contributed by atoms with Crippen LogP contribution in [0.3, 0.4) is 0 Å². The van der Waals surface area contributed by atoms with E-state index in [2.05, 4.69) is 15.3 Å². The van der Waals surface area contributed by atoms with Crippen LogP contribution in [0.25, 0.3) is 22.2 Å². The summed E-state index contributed by atoms with van der Waals surface area (Å²) in [4.78, 5) is 21.6. The van der Waals surface area contributed by atoms with E-state index in [0.717, 1.165) is 16.5 Å². The maximum Gasteiger partial charge on any atom is 0.418 e. The van der Waals surface area contributed by atoms with Gasteiger partial charge in [0.2, 0.25) is 0 Å². The quantitative estimate of drug-likeness (QED) is 0.233. The molecule has 0 aliphatic rings. The molecule has 0 aliphatic heterocycles. The molecule has 5 aromatic rings. The zero-order valence-corrected chi connectivity index (χ0v) is 22.4. The number of ether oxygens (including phenoxy) is 2. The molecule has 0 amide bonds. The molecule has 2 heterocycles. The molecule has 2 aromatic heterocycles. The number of carbonyl (C=O) groups is 1. The number of rotatable bonds is 6. The van der Waals surface area contributed by atoms with Gasteiger partial charge >= 0.3 is 6.09 Å². The molecule has 0 atom stereocenters. The van der Waals surface area contributed by atoms with Gasteiger partial charge in [-0.1, -0.05) is 29.8 Å². The van der Waals surface area contributed by atoms with Gasteiger partial charge in [-0.05, 0) is 86.5 Å². The average molecular weight is 545 g/mol. The Hall–Kier alpha value is -4.43. The van der Waals surface area contributed by atoms with Crippen molar-refractivity contribution in [2.24, 2.45) is 0 Å². The number of nitrogens with one attached hydrogen (secondary N) is 1. The number of halogens is 2. The average Bonchev–Trinajstić information content (AvgIpc) is 3.38. The fourth-order valence-corrected chi connectivity index (χ4v) is 4.26. The molecular weight excluding hydrogens is 519 g/mol. The van der Waals surface area contributed by atoms with Crippen molar-refractivity contribution in [1.82, 2.24) is 14.5 Å². The lowest BCUT2D eigenvalue weighted by molar-refractivity contribution is 0.0540. The Morgan fingerprint density at radius 2 is 1.87 bits per heavy atom. The van der Waals surface area contributed by atoms with Gasteiger partial charge < -0.3 is 14.8 Å². The van der Waals surface area contributed by atoms with Crippen molar-refractivity contribution < 1.29 is 18.7 Å². The number of benzene rings is 3. The number of hydrogen-bond acceptors (Lipinski definition) is 6. The van der Waals surface area contributed by atoms with Crippen LogP contribution in [0.5, 0.6) is 5.75 Å². The Kier molecular flexibility index (Phi) is 7.21. The summed E-state index contributed by atoms with van der Waals surface area (Å²) in [6.45, 7) is 5.67. The summed E-state index contributed by atoms with van der Waals surface area (Å²) in [7, 11) is 0. The molecule has 0 bridgehead atoms. The summed E-state index contributed by atoms with van der Waals surface area (Å²) in [6, 6.07) is 20.9. The first-order valence-corrected chi connectivity index (χ1v) is 12.6. The summed E-state index contributed by atoms with van der Waals surface area (Å²) in [5.74, 6) is 0.728. The molecule has 0 saturated carbocycles. The zero-order chi connectivity index (χ0) is 27.6. The molecule has 39 heavy (non-hydrogen) atoms. The van der Waals surface area contributed by atoms with E-state index in [4.69, 9.17) is 21.1 Å². The van der Waals surface area contributed by atoms with Crippen LogP contribution in [-0.2, 0) is 11.3 Å². The Labute approximate surface area is 230 Å². The SMILES string of the molecule is CC(C)(C)OC(=O)n1cccc1-c1ccc2ncnc(Nc3ccc(OCc4cccc(F)c4)c(Cl)c3)c2c1. The van der Waals surface area contributed by atoms with Gasteiger partial charge in [-0.15, -0.1) is 0 Å². The van der Waals surface area contributed by atoms with Crippen LogP contribution >= 0.6 is 11.6 Å². The summed E-state index contributed by atoms with van der Waals surface area (Å²) >= 11 is 6.48. The second-order valence-electron chi connectivity index (χ2n) is 9.89. The maximum atomic E-state index is 13.4. The smallest absolute Gasteiger partial charge is 0.418 e. The van der Waals surface area contributed by atoms with Crippen LogP contribution in [0.2, 0.25) is 5.02 Å². The third kappa shape index (κ3) is 6.18. The van der Waals surface area contributed by atoms with Gasteiger partial charge in [-0.25, -0.2) is 19.2 Å². The second-order valence-corrected chi connectivity index (χ2v) is 10.3. The van der Waals surface area contributed by atoms with Crippen molar-refractivity contribution in [2.45, 2.75) is 33.0 Å². The fraction of sp³-hybridized carbons (Fsp3) is 0.167. The third-order valence-electron chi connectivity index (χ3n) is 5.75. The Morgan fingerprint density at radius 3 is 2.64 bits per heavy atom. The van der Waals surface area contributed by atoms with Gasteiger partial charge in [-0.2, -0.15) is 0 Å². The number of anilines is 2. The van der Waals surface area contributed by atoms with E-state index in [0.29, 0.717) is 33.5 Å². The zero-order valence-electron chi connectivity index (χ0n) is 21.6. The number of fused-ring (bicyclic) bond motifs is 1. The lowest BCUT2D eigenvalue weighted by atomic mass is 10.1. The largest absolute Gasteiger partial charge is 0.487 e. The standard InChI is InChI=1S/C30H26ClFN4O3/c1-30(2,3)39-29(37)36-13-5-8-26(36)20-9-11-25-23(15-20)28(34-18-33-25)35-22-10-12-27(24(31)16-22)38-17-19-6-4-7-21(32)14-19/h4-16,18H,17H2,1-3H3,(H,33,34,35). The highest BCUT2D eigenvalue weighted by atomic mass is 35.5. The highest BCUT2D eigenvalue weighted by Crippen LogP contribution is 2.32. The number of aromatic nitrogens is 3. The second kappa shape index (κ2) is 10.7. The van der Waals surface area contributed by atoms with Crippen molar-refractivity contribution >= 4 is 40.1 Å². The van der Waals surface area contributed by atoms with Gasteiger partial charge in [0.15, 0.2) is 0 Å². The van der Waals surface area contributed by atoms with E-state index < -0.39 is 11.7 Å². The molecule has 198 valence electrons. The molecule has 5 rings (SSSR count). The fourth-order valence-electron chi connectivity index (χ4n) is 4.02. The molecule has 3 aromatic carbocycles. The minimum atomic E-state index is -0.617. The van der Waals surface area contributed by atoms with Crippen LogP contribution < -0.4 is 10.1 Å². The first kappa shape index (κ1) is 26.2. The van der Waals surface area contributed by atoms with Gasteiger partial charge in [0.1, 0.15) is 35.9 Å². The molecular formula is C30H26ClFN4O3. The van der Waals surface area contributed by atoms with Crippen molar-refractivity contribution in [2.75, 3.05) is 5.32 Å². The van der Waals surface area contributed by atoms with Crippen molar-refractivity contribution in [3.8, 4) is 17.0 Å². The Balaban J connectivity index is 1.39. The Bertz CT molecular complexity index is 1660. The summed E-state index contributed by atoms with van der Waals surface area (Å²) < 4.78 is 26.2. The van der Waals surface area contributed by atoms with E-state index in [-0.39, 0.29) is 12.4 Å². The molecule has 9 heteroatoms. The highest BCUT2D eigenvalue weighted by Gasteiger charge is 2.20. The highest BCUT2D eigenvalue weighted by molar-refractivity contribution is 6.32. The lowest BCUT2D eigenvalue weighted by Gasteiger charge is -2.20. The molecule has 7 nitrogen and oxygen atoms in total. The molecule has 0 fully saturated rings. The van der Waals surface area contributed by atoms with Crippen LogP contribution in [0.1, 0.15) is 26.3 Å². The number of hydrogen-bond donors (Lipinski definition) is 1. The summed E-state index contributed by atoms with van der Waals surface area (Å²) in [5.41, 5.74) is 3.00. The van der Waals surface area contributed by atoms with Crippen molar-refractivity contribution in [3.05, 3.63) is 102 Å². The van der Waals surface area contributed by atoms with Crippen LogP contribution in [0, 0.1) is 5.82 Å². The minimum absolute atomic E-state index is 0.189. The monoisotopic (exact) mass is 544 g/mol. The third-order valence-corrected chi connectivity index (χ3v) is 6.04. The molecule has 0 aliphatic carbocycles. The van der Waals surface area contributed by atoms with E-state index >= 15 is 0 Å². The van der Waals surface area contributed by atoms with Crippen LogP contribution in [0.15, 0.2) is 85.3 Å². The molecule has 0 spiro atoms. The van der Waals surface area contributed by atoms with Crippen molar-refractivity contribution in [1.29, 1.82) is 0 Å². The summed E-state index contributed by atoms with van der Waals surface area (Å²) in [6.07, 6.45) is 2.69. The predicted octanol–water partition coefficient (Wildman–Crippen LogP) is 8.00. The first-order chi connectivity index (χ1) is 18.7. The first-order valence-electron chi connectivity index (χ1n) is 12.3. The number of carbonyl (C=O) groups excluding carboxylic acids is 1. The van der Waals surface area contributed by atoms with E-state index in [1.165, 1.54) is 23.0 Å². The van der Waals surface area contributed by atoms with Crippen molar-refractivity contribution in [3.63, 3.8) is 0 Å². The van der Waals surface area contributed by atoms with E-state index in [9.17, 15) is 9.18 Å². The van der Waals surface area contributed by atoms with Gasteiger partial charge in [0, 0.05) is 17.3 Å². The maximum absolute atomic E-state index is 13.4. The molecule has 0 saturated heterocycles. The Morgan fingerprint density at radius 1 is 1.03 bits per heavy atom. The van der Waals surface area contributed by atoms with E-state index in [1.54, 1.807) is 36.5 Å². The molecule has 1 N–H and O–H groups in total. The topological polar surface area (TPSA) is 78.3 Å². The summed E-state index contributed by atoms with van der Waals surface area (Å²) in [5, 5.41) is 4.45. The molecule has 0 radical (unpaired) electrons.